The van der Waals surface area contributed by atoms with Gasteiger partial charge in [-0.15, -0.1) is 0 Å². The highest BCUT2D eigenvalue weighted by atomic mass is 35.5. The average molecular weight is 397 g/mol. The van der Waals surface area contributed by atoms with Gasteiger partial charge in [0.25, 0.3) is 0 Å². The molecule has 3 rings (SSSR count). The predicted octanol–water partition coefficient (Wildman–Crippen LogP) is 3.83. The van der Waals surface area contributed by atoms with Crippen molar-refractivity contribution in [1.29, 1.82) is 0 Å². The first-order chi connectivity index (χ1) is 12.6. The Hall–Kier alpha value is -1.11. The predicted molar refractivity (Wildman–Crippen MR) is 113 cm³/mol. The standard InChI is InChI=1S/C19H29ClN4OS/c1-25-17-6-5-15(13-16(17)20)23-18(21)22-14-19(7-3-2-4-8-19)24-9-11-26-12-10-24/h5-6,13H,2-4,7-12,14H2,1H3,(H3,21,22,23). The highest BCUT2D eigenvalue weighted by Gasteiger charge is 2.38. The molecule has 7 heteroatoms. The van der Waals surface area contributed by atoms with E-state index >= 15 is 0 Å². The van der Waals surface area contributed by atoms with Crippen molar-refractivity contribution < 1.29 is 4.74 Å². The second-order valence-electron chi connectivity index (χ2n) is 7.06. The van der Waals surface area contributed by atoms with Crippen molar-refractivity contribution in [3.05, 3.63) is 23.2 Å². The van der Waals surface area contributed by atoms with Crippen LogP contribution < -0.4 is 15.8 Å². The number of nitrogens with one attached hydrogen (secondary N) is 1. The minimum absolute atomic E-state index is 0.184. The first kappa shape index (κ1) is 19.6. The smallest absolute Gasteiger partial charge is 0.193 e. The Morgan fingerprint density at radius 3 is 2.69 bits per heavy atom. The molecule has 1 aliphatic carbocycles. The van der Waals surface area contributed by atoms with Crippen LogP contribution in [0.3, 0.4) is 0 Å². The number of methoxy groups -OCH3 is 1. The van der Waals surface area contributed by atoms with Gasteiger partial charge >= 0.3 is 0 Å². The summed E-state index contributed by atoms with van der Waals surface area (Å²) < 4.78 is 5.18. The van der Waals surface area contributed by atoms with Gasteiger partial charge in [0.05, 0.1) is 18.7 Å². The van der Waals surface area contributed by atoms with Crippen molar-refractivity contribution >= 4 is 35.0 Å². The summed E-state index contributed by atoms with van der Waals surface area (Å²) in [6.07, 6.45) is 6.37. The number of benzene rings is 1. The Labute approximate surface area is 165 Å². The fourth-order valence-corrected chi connectivity index (χ4v) is 5.15. The van der Waals surface area contributed by atoms with E-state index in [4.69, 9.17) is 27.1 Å². The monoisotopic (exact) mass is 396 g/mol. The van der Waals surface area contributed by atoms with Crippen molar-refractivity contribution in [1.82, 2.24) is 4.90 Å². The van der Waals surface area contributed by atoms with Gasteiger partial charge in [0, 0.05) is 35.8 Å². The van der Waals surface area contributed by atoms with Gasteiger partial charge in [-0.05, 0) is 31.0 Å². The maximum atomic E-state index is 6.18. The van der Waals surface area contributed by atoms with E-state index < -0.39 is 0 Å². The van der Waals surface area contributed by atoms with Gasteiger partial charge < -0.3 is 15.8 Å². The van der Waals surface area contributed by atoms with Crippen LogP contribution in [-0.4, -0.2) is 54.6 Å². The maximum absolute atomic E-state index is 6.18. The Balaban J connectivity index is 1.67. The summed E-state index contributed by atoms with van der Waals surface area (Å²) in [6, 6.07) is 5.53. The van der Waals surface area contributed by atoms with E-state index in [0.717, 1.165) is 12.2 Å². The van der Waals surface area contributed by atoms with Crippen LogP contribution in [0.1, 0.15) is 32.1 Å². The van der Waals surface area contributed by atoms with Crippen LogP contribution in [0.25, 0.3) is 0 Å². The van der Waals surface area contributed by atoms with Crippen molar-refractivity contribution in [2.75, 3.05) is 43.6 Å². The second-order valence-corrected chi connectivity index (χ2v) is 8.69. The molecule has 0 unspecified atom stereocenters. The van der Waals surface area contributed by atoms with Crippen LogP contribution in [0.15, 0.2) is 23.2 Å². The normalized spacial score (nSPS) is 21.4. The molecule has 2 fully saturated rings. The van der Waals surface area contributed by atoms with Crippen LogP contribution in [-0.2, 0) is 0 Å². The summed E-state index contributed by atoms with van der Waals surface area (Å²) in [6.45, 7) is 3.10. The number of aliphatic imine (C=N–C) groups is 1. The fourth-order valence-electron chi connectivity index (χ4n) is 3.99. The second kappa shape index (κ2) is 9.20. The molecule has 2 aliphatic rings. The Bertz CT molecular complexity index is 628. The lowest BCUT2D eigenvalue weighted by molar-refractivity contribution is 0.0673. The third-order valence-electron chi connectivity index (χ3n) is 5.43. The molecule has 144 valence electrons. The Kier molecular flexibility index (Phi) is 6.95. The SMILES string of the molecule is COc1ccc(NC(N)=NCC2(N3CCSCC3)CCCCC2)cc1Cl. The molecule has 3 N–H and O–H groups in total. The Morgan fingerprint density at radius 1 is 1.31 bits per heavy atom. The van der Waals surface area contributed by atoms with E-state index in [1.54, 1.807) is 13.2 Å². The molecule has 0 spiro atoms. The lowest BCUT2D eigenvalue weighted by Gasteiger charge is -2.47. The van der Waals surface area contributed by atoms with Gasteiger partial charge in [-0.25, -0.2) is 0 Å². The minimum atomic E-state index is 0.184. The number of ether oxygens (including phenoxy) is 1. The summed E-state index contributed by atoms with van der Waals surface area (Å²) in [4.78, 5) is 7.39. The number of halogens is 1. The van der Waals surface area contributed by atoms with Crippen LogP contribution in [0.5, 0.6) is 5.75 Å². The van der Waals surface area contributed by atoms with Gasteiger partial charge in [0.1, 0.15) is 5.75 Å². The number of guanidine groups is 1. The van der Waals surface area contributed by atoms with Crippen LogP contribution in [0.4, 0.5) is 5.69 Å². The fraction of sp³-hybridized carbons (Fsp3) is 0.632. The molecule has 0 aromatic heterocycles. The molecule has 1 aromatic rings. The van der Waals surface area contributed by atoms with Gasteiger partial charge in [-0.1, -0.05) is 30.9 Å². The number of thioether (sulfide) groups is 1. The number of rotatable bonds is 5. The van der Waals surface area contributed by atoms with E-state index in [-0.39, 0.29) is 5.54 Å². The van der Waals surface area contributed by atoms with Crippen molar-refractivity contribution in [3.8, 4) is 5.75 Å². The van der Waals surface area contributed by atoms with Gasteiger partial charge in [0.2, 0.25) is 0 Å². The van der Waals surface area contributed by atoms with E-state index in [1.165, 1.54) is 56.7 Å². The molecule has 0 amide bonds. The van der Waals surface area contributed by atoms with E-state index in [9.17, 15) is 0 Å². The van der Waals surface area contributed by atoms with E-state index in [2.05, 4.69) is 22.0 Å². The number of hydrogen-bond donors (Lipinski definition) is 2. The molecule has 1 aliphatic heterocycles. The molecule has 26 heavy (non-hydrogen) atoms. The van der Waals surface area contributed by atoms with E-state index in [0.29, 0.717) is 16.7 Å². The zero-order valence-electron chi connectivity index (χ0n) is 15.5. The van der Waals surface area contributed by atoms with Gasteiger partial charge in [-0.2, -0.15) is 11.8 Å². The van der Waals surface area contributed by atoms with Crippen molar-refractivity contribution in [2.24, 2.45) is 10.7 Å². The first-order valence-corrected chi connectivity index (χ1v) is 10.9. The highest BCUT2D eigenvalue weighted by molar-refractivity contribution is 7.99. The number of hydrogen-bond acceptors (Lipinski definition) is 4. The quantitative estimate of drug-likeness (QED) is 0.585. The summed E-state index contributed by atoms with van der Waals surface area (Å²) >= 11 is 8.24. The lowest BCUT2D eigenvalue weighted by atomic mass is 9.80. The molecule has 0 bridgehead atoms. The molecule has 1 aromatic carbocycles. The van der Waals surface area contributed by atoms with Crippen LogP contribution in [0, 0.1) is 0 Å². The maximum Gasteiger partial charge on any atom is 0.193 e. The lowest BCUT2D eigenvalue weighted by Crippen LogP contribution is -2.55. The third-order valence-corrected chi connectivity index (χ3v) is 6.67. The summed E-state index contributed by atoms with van der Waals surface area (Å²) in [5, 5.41) is 3.71. The highest BCUT2D eigenvalue weighted by Crippen LogP contribution is 2.35. The van der Waals surface area contributed by atoms with Gasteiger partial charge in [0.15, 0.2) is 5.96 Å². The molecule has 1 heterocycles. The molecule has 0 atom stereocenters. The van der Waals surface area contributed by atoms with Crippen LogP contribution >= 0.6 is 23.4 Å². The molecule has 5 nitrogen and oxygen atoms in total. The molecular formula is C19H29ClN4OS. The zero-order chi connectivity index (χ0) is 18.4. The van der Waals surface area contributed by atoms with Crippen LogP contribution in [0.2, 0.25) is 5.02 Å². The average Bonchev–Trinajstić information content (AvgIpc) is 2.68. The number of nitrogens with zero attached hydrogens (tertiary/aromatic N) is 2. The largest absolute Gasteiger partial charge is 0.495 e. The molecule has 1 saturated carbocycles. The topological polar surface area (TPSA) is 62.9 Å². The van der Waals surface area contributed by atoms with Crippen molar-refractivity contribution in [2.45, 2.75) is 37.6 Å². The third kappa shape index (κ3) is 4.78. The molecule has 1 saturated heterocycles. The summed E-state index contributed by atoms with van der Waals surface area (Å²) in [7, 11) is 1.60. The zero-order valence-corrected chi connectivity index (χ0v) is 17.0. The van der Waals surface area contributed by atoms with Gasteiger partial charge in [-0.3, -0.25) is 9.89 Å². The number of anilines is 1. The van der Waals surface area contributed by atoms with E-state index in [1.807, 2.05) is 12.1 Å². The summed E-state index contributed by atoms with van der Waals surface area (Å²) in [5.41, 5.74) is 7.18. The van der Waals surface area contributed by atoms with Crippen molar-refractivity contribution in [3.63, 3.8) is 0 Å². The Morgan fingerprint density at radius 2 is 2.04 bits per heavy atom. The minimum Gasteiger partial charge on any atom is -0.495 e. The molecular weight excluding hydrogens is 368 g/mol. The molecule has 0 radical (unpaired) electrons. The first-order valence-electron chi connectivity index (χ1n) is 9.36. The summed E-state index contributed by atoms with van der Waals surface area (Å²) in [5.74, 6) is 3.55. The number of nitrogens with two attached hydrogens (primary N) is 1.